The van der Waals surface area contributed by atoms with Gasteiger partial charge in [-0.2, -0.15) is 5.10 Å². The number of hydrogen-bond acceptors (Lipinski definition) is 4. The topological polar surface area (TPSA) is 64.4 Å². The summed E-state index contributed by atoms with van der Waals surface area (Å²) in [6, 6.07) is 0. The van der Waals surface area contributed by atoms with Crippen LogP contribution in [0.4, 0.5) is 0 Å². The van der Waals surface area contributed by atoms with E-state index in [-0.39, 0.29) is 12.5 Å². The van der Waals surface area contributed by atoms with E-state index in [0.29, 0.717) is 5.15 Å². The van der Waals surface area contributed by atoms with Gasteiger partial charge >= 0.3 is 5.97 Å². The number of hydrogen-bond donors (Lipinski definition) is 0. The highest BCUT2D eigenvalue weighted by Crippen LogP contribution is 2.21. The van der Waals surface area contributed by atoms with Gasteiger partial charge in [0, 0.05) is 25.2 Å². The van der Waals surface area contributed by atoms with Gasteiger partial charge in [-0.05, 0) is 40.2 Å². The Morgan fingerprint density at radius 3 is 2.56 bits per heavy atom. The molecule has 0 fully saturated rings. The highest BCUT2D eigenvalue weighted by atomic mass is 35.5. The van der Waals surface area contributed by atoms with E-state index in [1.54, 1.807) is 38.6 Å². The number of aromatic nitrogens is 2. The number of halogens is 1. The molecule has 0 bridgehead atoms. The molecule has 0 saturated heterocycles. The third-order valence-corrected chi connectivity index (χ3v) is 3.79. The molecule has 0 aliphatic carbocycles. The maximum Gasteiger partial charge on any atom is 0.326 e. The quantitative estimate of drug-likeness (QED) is 0.545. The van der Waals surface area contributed by atoms with Crippen molar-refractivity contribution in [3.8, 4) is 0 Å². The summed E-state index contributed by atoms with van der Waals surface area (Å²) in [5, 5.41) is 4.91. The van der Waals surface area contributed by atoms with E-state index in [0.717, 1.165) is 30.6 Å². The minimum absolute atomic E-state index is 0.108. The summed E-state index contributed by atoms with van der Waals surface area (Å²) in [6.45, 7) is 9.95. The molecule has 140 valence electrons. The van der Waals surface area contributed by atoms with Crippen LogP contribution in [-0.4, -0.2) is 45.8 Å². The molecule has 25 heavy (non-hydrogen) atoms. The van der Waals surface area contributed by atoms with E-state index in [1.807, 2.05) is 6.92 Å². The molecule has 0 atom stereocenters. The molecule has 0 saturated carbocycles. The second-order valence-electron chi connectivity index (χ2n) is 6.98. The molecule has 0 spiro atoms. The number of rotatable bonds is 7. The number of carbonyl (C=O) groups excluding carboxylic acids is 2. The largest absolute Gasteiger partial charge is 0.459 e. The molecule has 1 amide bonds. The van der Waals surface area contributed by atoms with E-state index in [9.17, 15) is 9.59 Å². The van der Waals surface area contributed by atoms with E-state index in [1.165, 1.54) is 11.0 Å². The van der Waals surface area contributed by atoms with Crippen LogP contribution in [0.15, 0.2) is 6.08 Å². The zero-order chi connectivity index (χ0) is 19.2. The van der Waals surface area contributed by atoms with E-state index < -0.39 is 11.6 Å². The lowest BCUT2D eigenvalue weighted by Gasteiger charge is -2.22. The first-order chi connectivity index (χ1) is 11.5. The fourth-order valence-electron chi connectivity index (χ4n) is 2.14. The van der Waals surface area contributed by atoms with Crippen LogP contribution in [0, 0.1) is 6.92 Å². The maximum absolute atomic E-state index is 12.2. The van der Waals surface area contributed by atoms with Gasteiger partial charge in [0.15, 0.2) is 0 Å². The number of ether oxygens (including phenoxy) is 1. The Kier molecular flexibility index (Phi) is 7.67. The summed E-state index contributed by atoms with van der Waals surface area (Å²) in [5.74, 6) is -0.749. The van der Waals surface area contributed by atoms with Gasteiger partial charge in [-0.25, -0.2) is 0 Å². The van der Waals surface area contributed by atoms with Gasteiger partial charge in [-0.3, -0.25) is 14.3 Å². The van der Waals surface area contributed by atoms with Crippen LogP contribution in [0.5, 0.6) is 0 Å². The average molecular weight is 370 g/mol. The molecule has 1 rings (SSSR count). The fraction of sp³-hybridized carbons (Fsp3) is 0.611. The molecule has 0 aliphatic heterocycles. The smallest absolute Gasteiger partial charge is 0.326 e. The number of likely N-dealkylation sites (N-methyl/N-ethyl adjacent to an activating group) is 1. The lowest BCUT2D eigenvalue weighted by Crippen LogP contribution is -2.35. The van der Waals surface area contributed by atoms with Crippen molar-refractivity contribution in [3.63, 3.8) is 0 Å². The van der Waals surface area contributed by atoms with E-state index in [2.05, 4.69) is 12.0 Å². The van der Waals surface area contributed by atoms with Gasteiger partial charge in [-0.1, -0.05) is 24.9 Å². The highest BCUT2D eigenvalue weighted by molar-refractivity contribution is 6.31. The van der Waals surface area contributed by atoms with Crippen LogP contribution in [-0.2, 0) is 20.9 Å². The second-order valence-corrected chi connectivity index (χ2v) is 7.34. The Hall–Kier alpha value is -1.82. The summed E-state index contributed by atoms with van der Waals surface area (Å²) in [6.07, 6.45) is 5.07. The van der Waals surface area contributed by atoms with Crippen LogP contribution in [0.1, 0.15) is 51.8 Å². The molecule has 1 heterocycles. The second kappa shape index (κ2) is 9.04. The molecular weight excluding hydrogens is 342 g/mol. The molecule has 6 nitrogen and oxygen atoms in total. The standard InChI is InChI=1S/C18H28ClN3O3/c1-7-8-11-22-17(19)14(13(2)20-22)9-10-15(23)21(6)12-16(24)25-18(3,4)5/h9-10H,7-8,11-12H2,1-6H3/b10-9+. The predicted octanol–water partition coefficient (Wildman–Crippen LogP) is 3.46. The van der Waals surface area contributed by atoms with Crippen molar-refractivity contribution >= 4 is 29.6 Å². The van der Waals surface area contributed by atoms with Gasteiger partial charge in [0.05, 0.1) is 5.69 Å². The normalized spacial score (nSPS) is 11.8. The lowest BCUT2D eigenvalue weighted by molar-refractivity contribution is -0.157. The first kappa shape index (κ1) is 21.2. The number of unbranched alkanes of at least 4 members (excludes halogenated alkanes) is 1. The zero-order valence-electron chi connectivity index (χ0n) is 15.9. The Morgan fingerprint density at radius 1 is 1.36 bits per heavy atom. The van der Waals surface area contributed by atoms with Crippen molar-refractivity contribution < 1.29 is 14.3 Å². The van der Waals surface area contributed by atoms with Gasteiger partial charge in [0.2, 0.25) is 5.91 Å². The van der Waals surface area contributed by atoms with Crippen molar-refractivity contribution in [2.45, 2.75) is 59.6 Å². The molecule has 1 aromatic heterocycles. The molecule has 7 heteroatoms. The van der Waals surface area contributed by atoms with Gasteiger partial charge in [0.25, 0.3) is 0 Å². The number of nitrogens with zero attached hydrogens (tertiary/aromatic N) is 3. The molecule has 0 aliphatic rings. The summed E-state index contributed by atoms with van der Waals surface area (Å²) in [5.41, 5.74) is 0.908. The molecule has 0 aromatic carbocycles. The van der Waals surface area contributed by atoms with Crippen LogP contribution in [0.25, 0.3) is 6.08 Å². The highest BCUT2D eigenvalue weighted by Gasteiger charge is 2.19. The van der Waals surface area contributed by atoms with Crippen LogP contribution in [0.2, 0.25) is 5.15 Å². The monoisotopic (exact) mass is 369 g/mol. The van der Waals surface area contributed by atoms with Gasteiger partial charge in [-0.15, -0.1) is 0 Å². The Morgan fingerprint density at radius 2 is 2.00 bits per heavy atom. The van der Waals surface area contributed by atoms with Crippen molar-refractivity contribution in [2.24, 2.45) is 0 Å². The van der Waals surface area contributed by atoms with Crippen LogP contribution >= 0.6 is 11.6 Å². The first-order valence-corrected chi connectivity index (χ1v) is 8.81. The number of carbonyl (C=O) groups is 2. The van der Waals surface area contributed by atoms with Gasteiger partial charge in [0.1, 0.15) is 17.3 Å². The zero-order valence-corrected chi connectivity index (χ0v) is 16.7. The van der Waals surface area contributed by atoms with Crippen molar-refractivity contribution in [3.05, 3.63) is 22.5 Å². The summed E-state index contributed by atoms with van der Waals surface area (Å²) < 4.78 is 6.95. The Balaban J connectivity index is 2.73. The first-order valence-electron chi connectivity index (χ1n) is 8.43. The lowest BCUT2D eigenvalue weighted by atomic mass is 10.2. The minimum atomic E-state index is -0.575. The van der Waals surface area contributed by atoms with Crippen LogP contribution in [0.3, 0.4) is 0 Å². The summed E-state index contributed by atoms with van der Waals surface area (Å²) >= 11 is 6.34. The fourth-order valence-corrected chi connectivity index (χ4v) is 2.46. The maximum atomic E-state index is 12.2. The molecule has 0 N–H and O–H groups in total. The predicted molar refractivity (Wildman–Crippen MR) is 99.4 cm³/mol. The molecular formula is C18H28ClN3O3. The Labute approximate surface area is 154 Å². The minimum Gasteiger partial charge on any atom is -0.459 e. The van der Waals surface area contributed by atoms with Crippen molar-refractivity contribution in [1.82, 2.24) is 14.7 Å². The van der Waals surface area contributed by atoms with Crippen molar-refractivity contribution in [2.75, 3.05) is 13.6 Å². The Bertz CT molecular complexity index is 645. The summed E-state index contributed by atoms with van der Waals surface area (Å²) in [4.78, 5) is 25.3. The molecule has 1 aromatic rings. The van der Waals surface area contributed by atoms with E-state index in [4.69, 9.17) is 16.3 Å². The van der Waals surface area contributed by atoms with Crippen molar-refractivity contribution in [1.29, 1.82) is 0 Å². The molecule has 0 radical (unpaired) electrons. The summed E-state index contributed by atoms with van der Waals surface area (Å²) in [7, 11) is 1.55. The van der Waals surface area contributed by atoms with Gasteiger partial charge < -0.3 is 9.64 Å². The number of aryl methyl sites for hydroxylation is 2. The number of esters is 1. The SMILES string of the molecule is CCCCn1nc(C)c(/C=C/C(=O)N(C)CC(=O)OC(C)(C)C)c1Cl. The van der Waals surface area contributed by atoms with E-state index >= 15 is 0 Å². The molecule has 0 unspecified atom stereocenters. The third-order valence-electron chi connectivity index (χ3n) is 3.39. The van der Waals surface area contributed by atoms with Crippen LogP contribution < -0.4 is 0 Å². The average Bonchev–Trinajstić information content (AvgIpc) is 2.74. The number of amides is 1. The third kappa shape index (κ3) is 6.90.